The van der Waals surface area contributed by atoms with Gasteiger partial charge in [0.05, 0.1) is 16.6 Å². The minimum atomic E-state index is 0.514. The van der Waals surface area contributed by atoms with Crippen molar-refractivity contribution in [1.82, 2.24) is 19.5 Å². The predicted octanol–water partition coefficient (Wildman–Crippen LogP) is 14.1. The highest BCUT2D eigenvalue weighted by Gasteiger charge is 2.22. The molecule has 0 unspecified atom stereocenters. The van der Waals surface area contributed by atoms with Crippen LogP contribution in [0.1, 0.15) is 0 Å². The van der Waals surface area contributed by atoms with Crippen molar-refractivity contribution >= 4 is 87.2 Å². The molecule has 0 aliphatic heterocycles. The van der Waals surface area contributed by atoms with Gasteiger partial charge in [0.2, 0.25) is 0 Å². The zero-order chi connectivity index (χ0) is 38.6. The van der Waals surface area contributed by atoms with E-state index in [4.69, 9.17) is 23.8 Å². The summed E-state index contributed by atoms with van der Waals surface area (Å²) in [7, 11) is 0. The number of aromatic nitrogens is 4. The number of fused-ring (bicyclic) bond motifs is 11. The van der Waals surface area contributed by atoms with Crippen molar-refractivity contribution in [2.45, 2.75) is 0 Å². The molecular formula is C53H30N4O2. The summed E-state index contributed by atoms with van der Waals surface area (Å²) in [5, 5.41) is 11.2. The molecule has 4 heterocycles. The largest absolute Gasteiger partial charge is 0.456 e. The van der Waals surface area contributed by atoms with Gasteiger partial charge in [-0.05, 0) is 82.2 Å². The van der Waals surface area contributed by atoms with Crippen LogP contribution >= 0.6 is 0 Å². The topological polar surface area (TPSA) is 69.9 Å². The zero-order valence-corrected chi connectivity index (χ0v) is 31.4. The summed E-state index contributed by atoms with van der Waals surface area (Å²) in [4.78, 5) is 15.8. The minimum Gasteiger partial charge on any atom is -0.456 e. The van der Waals surface area contributed by atoms with E-state index in [1.165, 1.54) is 21.5 Å². The Morgan fingerprint density at radius 2 is 0.915 bits per heavy atom. The predicted molar refractivity (Wildman–Crippen MR) is 240 cm³/mol. The zero-order valence-electron chi connectivity index (χ0n) is 31.4. The number of para-hydroxylation sites is 3. The smallest absolute Gasteiger partial charge is 0.167 e. The number of hydrogen-bond donors (Lipinski definition) is 0. The van der Waals surface area contributed by atoms with E-state index in [0.29, 0.717) is 17.5 Å². The Hall–Kier alpha value is -8.09. The second-order valence-electron chi connectivity index (χ2n) is 15.2. The number of rotatable bonds is 4. The van der Waals surface area contributed by atoms with Crippen LogP contribution in [0, 0.1) is 0 Å². The number of furan rings is 2. The minimum absolute atomic E-state index is 0.514. The van der Waals surface area contributed by atoms with E-state index in [9.17, 15) is 0 Å². The molecule has 0 fully saturated rings. The molecule has 0 saturated heterocycles. The van der Waals surface area contributed by atoms with Gasteiger partial charge in [0.15, 0.2) is 17.5 Å². The van der Waals surface area contributed by atoms with Crippen LogP contribution in [0.4, 0.5) is 0 Å². The van der Waals surface area contributed by atoms with Crippen LogP contribution in [0.25, 0.3) is 127 Å². The van der Waals surface area contributed by atoms with Gasteiger partial charge in [-0.25, -0.2) is 15.0 Å². The molecule has 13 aromatic rings. The third-order valence-corrected chi connectivity index (χ3v) is 11.8. The van der Waals surface area contributed by atoms with Crippen molar-refractivity contribution < 1.29 is 8.83 Å². The maximum atomic E-state index is 6.76. The van der Waals surface area contributed by atoms with Gasteiger partial charge in [-0.3, -0.25) is 0 Å². The van der Waals surface area contributed by atoms with Gasteiger partial charge in [-0.2, -0.15) is 0 Å². The van der Waals surface area contributed by atoms with E-state index >= 15 is 0 Å². The Balaban J connectivity index is 1.11. The van der Waals surface area contributed by atoms with Crippen molar-refractivity contribution in [2.24, 2.45) is 0 Å². The highest BCUT2D eigenvalue weighted by molar-refractivity contribution is 6.15. The summed E-state index contributed by atoms with van der Waals surface area (Å²) in [6, 6.07) is 63.5. The first kappa shape index (κ1) is 32.0. The summed E-state index contributed by atoms with van der Waals surface area (Å²) < 4.78 is 15.5. The standard InChI is InChI=1S/C53H30N4O2/c1-2-12-32-25-35(22-21-31(32)11-1)51-54-52(36-23-24-41-39-16-6-9-19-47(39)58-49(41)28-36)56-53(55-51)44-30-37(29-43-40-17-7-10-20-48(40)59-50(43)44)57-45-18-8-5-15-38(45)42-26-33-13-3-4-14-34(33)27-46(42)57/h1-30H. The summed E-state index contributed by atoms with van der Waals surface area (Å²) in [6.45, 7) is 0. The maximum absolute atomic E-state index is 6.76. The van der Waals surface area contributed by atoms with Crippen LogP contribution in [-0.2, 0) is 0 Å². The molecule has 0 radical (unpaired) electrons. The van der Waals surface area contributed by atoms with Crippen molar-refractivity contribution in [2.75, 3.05) is 0 Å². The van der Waals surface area contributed by atoms with Crippen molar-refractivity contribution in [1.29, 1.82) is 0 Å². The fourth-order valence-corrected chi connectivity index (χ4v) is 8.99. The summed E-state index contributed by atoms with van der Waals surface area (Å²) >= 11 is 0. The highest BCUT2D eigenvalue weighted by atomic mass is 16.3. The van der Waals surface area contributed by atoms with E-state index in [1.807, 2.05) is 36.4 Å². The Kier molecular flexibility index (Phi) is 6.63. The molecule has 59 heavy (non-hydrogen) atoms. The van der Waals surface area contributed by atoms with E-state index in [1.54, 1.807) is 0 Å². The summed E-state index contributed by atoms with van der Waals surface area (Å²) in [5.41, 5.74) is 8.85. The molecule has 6 heteroatoms. The fraction of sp³-hybridized carbons (Fsp3) is 0. The molecule has 6 nitrogen and oxygen atoms in total. The second kappa shape index (κ2) is 12.2. The lowest BCUT2D eigenvalue weighted by atomic mass is 10.0. The molecule has 0 spiro atoms. The van der Waals surface area contributed by atoms with Crippen LogP contribution in [0.5, 0.6) is 0 Å². The highest BCUT2D eigenvalue weighted by Crippen LogP contribution is 2.41. The molecule has 0 saturated carbocycles. The van der Waals surface area contributed by atoms with Crippen LogP contribution < -0.4 is 0 Å². The molecule has 0 N–H and O–H groups in total. The average molecular weight is 755 g/mol. The normalized spacial score (nSPS) is 12.1. The lowest BCUT2D eigenvalue weighted by Gasteiger charge is -2.13. The van der Waals surface area contributed by atoms with E-state index < -0.39 is 0 Å². The molecule has 9 aromatic carbocycles. The molecular weight excluding hydrogens is 725 g/mol. The SMILES string of the molecule is c1ccc2cc(-c3nc(-c4ccc5c(c4)oc4ccccc45)nc(-c4cc(-n5c6ccccc6c6cc7ccccc7cc65)cc5c4oc4ccccc45)n3)ccc2c1. The van der Waals surface area contributed by atoms with Gasteiger partial charge in [0.1, 0.15) is 22.3 Å². The molecule has 0 aliphatic rings. The van der Waals surface area contributed by atoms with E-state index in [2.05, 4.69) is 150 Å². The molecule has 0 amide bonds. The van der Waals surface area contributed by atoms with Gasteiger partial charge in [0.25, 0.3) is 0 Å². The Bertz CT molecular complexity index is 3870. The molecule has 0 aliphatic carbocycles. The van der Waals surface area contributed by atoms with Gasteiger partial charge in [0, 0.05) is 49.1 Å². The number of nitrogens with zero attached hydrogens (tertiary/aromatic N) is 4. The Labute approximate surface area is 336 Å². The quantitative estimate of drug-likeness (QED) is 0.179. The van der Waals surface area contributed by atoms with Crippen molar-refractivity contribution in [3.63, 3.8) is 0 Å². The summed E-state index contributed by atoms with van der Waals surface area (Å²) in [5.74, 6) is 1.62. The first-order chi connectivity index (χ1) is 29.2. The van der Waals surface area contributed by atoms with E-state index in [-0.39, 0.29) is 0 Å². The van der Waals surface area contributed by atoms with Crippen LogP contribution in [0.2, 0.25) is 0 Å². The lowest BCUT2D eigenvalue weighted by Crippen LogP contribution is -2.01. The second-order valence-corrected chi connectivity index (χ2v) is 15.2. The average Bonchev–Trinajstić information content (AvgIpc) is 3.96. The molecule has 13 rings (SSSR count). The first-order valence-electron chi connectivity index (χ1n) is 19.8. The van der Waals surface area contributed by atoms with Crippen molar-refractivity contribution in [3.05, 3.63) is 182 Å². The van der Waals surface area contributed by atoms with Gasteiger partial charge in [-0.1, -0.05) is 121 Å². The van der Waals surface area contributed by atoms with Gasteiger partial charge < -0.3 is 13.4 Å². The summed E-state index contributed by atoms with van der Waals surface area (Å²) in [6.07, 6.45) is 0. The Morgan fingerprint density at radius 1 is 0.339 bits per heavy atom. The first-order valence-corrected chi connectivity index (χ1v) is 19.8. The third-order valence-electron chi connectivity index (χ3n) is 11.8. The van der Waals surface area contributed by atoms with Crippen LogP contribution in [0.15, 0.2) is 191 Å². The fourth-order valence-electron chi connectivity index (χ4n) is 8.99. The van der Waals surface area contributed by atoms with Gasteiger partial charge in [-0.15, -0.1) is 0 Å². The molecule has 274 valence electrons. The monoisotopic (exact) mass is 754 g/mol. The van der Waals surface area contributed by atoms with Crippen molar-refractivity contribution in [3.8, 4) is 39.9 Å². The molecule has 4 aromatic heterocycles. The molecule has 0 bridgehead atoms. The Morgan fingerprint density at radius 3 is 1.71 bits per heavy atom. The maximum Gasteiger partial charge on any atom is 0.167 e. The molecule has 0 atom stereocenters. The van der Waals surface area contributed by atoms with Crippen LogP contribution in [0.3, 0.4) is 0 Å². The number of benzene rings is 9. The number of hydrogen-bond acceptors (Lipinski definition) is 5. The van der Waals surface area contributed by atoms with Gasteiger partial charge >= 0.3 is 0 Å². The lowest BCUT2D eigenvalue weighted by molar-refractivity contribution is 0.668. The van der Waals surface area contributed by atoms with E-state index in [0.717, 1.165) is 88.1 Å². The van der Waals surface area contributed by atoms with Crippen LogP contribution in [-0.4, -0.2) is 19.5 Å². The third kappa shape index (κ3) is 4.90.